The summed E-state index contributed by atoms with van der Waals surface area (Å²) in [7, 11) is 1.70. The van der Waals surface area contributed by atoms with E-state index in [4.69, 9.17) is 4.74 Å². The van der Waals surface area contributed by atoms with Gasteiger partial charge in [0.15, 0.2) is 5.96 Å². The molecular formula is C23H30IN5O3. The molecule has 0 radical (unpaired) electrons. The standard InChI is InChI=1S/C23H29N5O3.HI/c1-24-23(27-12-15-6-7-25-18(10-15)31-13-14-2-3-14)26-8-9-28-21(29)19-16-4-5-17(11-16)20(19)22(28)30;/h4-7,10,14,16-17,19-20H,2-3,8-9,11-13H2,1H3,(H2,24,26,27);1H. The minimum Gasteiger partial charge on any atom is -0.477 e. The summed E-state index contributed by atoms with van der Waals surface area (Å²) in [6, 6.07) is 3.87. The average Bonchev–Trinajstić information content (AvgIpc) is 3.30. The number of guanidine groups is 1. The number of imide groups is 1. The minimum absolute atomic E-state index is 0. The summed E-state index contributed by atoms with van der Waals surface area (Å²) in [5.74, 6) is 2.17. The van der Waals surface area contributed by atoms with Gasteiger partial charge in [-0.3, -0.25) is 19.5 Å². The van der Waals surface area contributed by atoms with Crippen LogP contribution in [0.25, 0.3) is 0 Å². The molecule has 5 rings (SSSR count). The molecule has 0 aromatic carbocycles. The van der Waals surface area contributed by atoms with Crippen molar-refractivity contribution in [2.24, 2.45) is 34.6 Å². The second kappa shape index (κ2) is 9.76. The largest absolute Gasteiger partial charge is 0.477 e. The minimum atomic E-state index is -0.136. The lowest BCUT2D eigenvalue weighted by Gasteiger charge is -2.18. The molecule has 4 atom stereocenters. The number of hydrogen-bond donors (Lipinski definition) is 2. The Morgan fingerprint density at radius 3 is 2.56 bits per heavy atom. The third-order valence-electron chi connectivity index (χ3n) is 6.84. The van der Waals surface area contributed by atoms with Crippen LogP contribution in [0.3, 0.4) is 0 Å². The van der Waals surface area contributed by atoms with Crippen molar-refractivity contribution in [3.8, 4) is 5.88 Å². The lowest BCUT2D eigenvalue weighted by Crippen LogP contribution is -2.43. The van der Waals surface area contributed by atoms with E-state index >= 15 is 0 Å². The van der Waals surface area contributed by atoms with E-state index in [1.165, 1.54) is 17.7 Å². The number of ether oxygens (including phenoxy) is 1. The number of nitrogens with one attached hydrogen (secondary N) is 2. The van der Waals surface area contributed by atoms with E-state index < -0.39 is 0 Å². The molecule has 32 heavy (non-hydrogen) atoms. The average molecular weight is 551 g/mol. The predicted molar refractivity (Wildman–Crippen MR) is 131 cm³/mol. The summed E-state index contributed by atoms with van der Waals surface area (Å²) in [6.07, 6.45) is 9.43. The number of carbonyl (C=O) groups excluding carboxylic acids is 2. The van der Waals surface area contributed by atoms with Crippen molar-refractivity contribution in [3.63, 3.8) is 0 Å². The highest BCUT2D eigenvalue weighted by atomic mass is 127. The molecule has 4 aliphatic rings. The number of aliphatic imine (C=N–C) groups is 1. The highest BCUT2D eigenvalue weighted by molar-refractivity contribution is 14.0. The summed E-state index contributed by atoms with van der Waals surface area (Å²) in [4.78, 5) is 35.4. The number of rotatable bonds is 8. The summed E-state index contributed by atoms with van der Waals surface area (Å²) in [5, 5.41) is 6.46. The molecule has 3 aliphatic carbocycles. The molecule has 0 spiro atoms. The molecule has 2 heterocycles. The van der Waals surface area contributed by atoms with Crippen LogP contribution in [-0.4, -0.2) is 54.4 Å². The first kappa shape index (κ1) is 23.0. The van der Waals surface area contributed by atoms with Crippen LogP contribution in [-0.2, 0) is 16.1 Å². The van der Waals surface area contributed by atoms with Gasteiger partial charge in [-0.15, -0.1) is 24.0 Å². The van der Waals surface area contributed by atoms with Crippen molar-refractivity contribution >= 4 is 41.8 Å². The van der Waals surface area contributed by atoms with Crippen molar-refractivity contribution in [2.45, 2.75) is 25.8 Å². The lowest BCUT2D eigenvalue weighted by molar-refractivity contribution is -0.140. The lowest BCUT2D eigenvalue weighted by atomic mass is 9.85. The number of likely N-dealkylation sites (tertiary alicyclic amines) is 1. The predicted octanol–water partition coefficient (Wildman–Crippen LogP) is 1.96. The van der Waals surface area contributed by atoms with Crippen molar-refractivity contribution in [3.05, 3.63) is 36.0 Å². The second-order valence-electron chi connectivity index (χ2n) is 8.94. The van der Waals surface area contributed by atoms with Crippen LogP contribution in [0.5, 0.6) is 5.88 Å². The summed E-state index contributed by atoms with van der Waals surface area (Å²) >= 11 is 0. The summed E-state index contributed by atoms with van der Waals surface area (Å²) in [6.45, 7) is 2.13. The molecule has 1 aliphatic heterocycles. The zero-order chi connectivity index (χ0) is 21.4. The highest BCUT2D eigenvalue weighted by Crippen LogP contribution is 2.52. The normalized spacial score (nSPS) is 28.0. The maximum Gasteiger partial charge on any atom is 0.233 e. The number of fused-ring (bicyclic) bond motifs is 5. The number of carbonyl (C=O) groups is 2. The third kappa shape index (κ3) is 4.62. The van der Waals surface area contributed by atoms with Gasteiger partial charge >= 0.3 is 0 Å². The number of nitrogens with zero attached hydrogens (tertiary/aromatic N) is 3. The van der Waals surface area contributed by atoms with Crippen LogP contribution in [0, 0.1) is 29.6 Å². The SMILES string of the molecule is CN=C(NCCN1C(=O)C2C3C=CC(C3)C2C1=O)NCc1ccnc(OCC2CC2)c1.I. The molecule has 4 unspecified atom stereocenters. The molecular weight excluding hydrogens is 521 g/mol. The second-order valence-corrected chi connectivity index (χ2v) is 8.94. The number of aromatic nitrogens is 1. The van der Waals surface area contributed by atoms with Gasteiger partial charge in [0.2, 0.25) is 17.7 Å². The van der Waals surface area contributed by atoms with Crippen LogP contribution in [0.4, 0.5) is 0 Å². The van der Waals surface area contributed by atoms with E-state index in [0.717, 1.165) is 18.6 Å². The zero-order valence-electron chi connectivity index (χ0n) is 18.2. The fourth-order valence-electron chi connectivity index (χ4n) is 5.00. The van der Waals surface area contributed by atoms with Gasteiger partial charge in [0, 0.05) is 38.9 Å². The van der Waals surface area contributed by atoms with Gasteiger partial charge in [0.1, 0.15) is 0 Å². The monoisotopic (exact) mass is 551 g/mol. The molecule has 2 amide bonds. The van der Waals surface area contributed by atoms with E-state index in [1.54, 1.807) is 13.2 Å². The fourth-order valence-corrected chi connectivity index (χ4v) is 5.00. The number of halogens is 1. The first-order chi connectivity index (χ1) is 15.1. The Morgan fingerprint density at radius 2 is 1.91 bits per heavy atom. The van der Waals surface area contributed by atoms with Crippen LogP contribution in [0.15, 0.2) is 35.5 Å². The van der Waals surface area contributed by atoms with Crippen LogP contribution >= 0.6 is 24.0 Å². The molecule has 1 saturated heterocycles. The van der Waals surface area contributed by atoms with Gasteiger partial charge in [0.05, 0.1) is 18.4 Å². The van der Waals surface area contributed by atoms with Gasteiger partial charge in [-0.2, -0.15) is 0 Å². The Bertz CT molecular complexity index is 902. The number of pyridine rings is 1. The van der Waals surface area contributed by atoms with Gasteiger partial charge in [0.25, 0.3) is 0 Å². The number of allylic oxidation sites excluding steroid dienone is 2. The Labute approximate surface area is 205 Å². The Hall–Kier alpha value is -2.17. The van der Waals surface area contributed by atoms with E-state index in [1.807, 2.05) is 12.1 Å². The molecule has 8 nitrogen and oxygen atoms in total. The molecule has 1 aromatic rings. The highest BCUT2D eigenvalue weighted by Gasteiger charge is 2.58. The van der Waals surface area contributed by atoms with Crippen molar-refractivity contribution in [2.75, 3.05) is 26.7 Å². The van der Waals surface area contributed by atoms with Gasteiger partial charge in [-0.1, -0.05) is 12.2 Å². The Kier molecular flexibility index (Phi) is 7.02. The Morgan fingerprint density at radius 1 is 1.19 bits per heavy atom. The van der Waals surface area contributed by atoms with Gasteiger partial charge < -0.3 is 15.4 Å². The molecule has 2 bridgehead atoms. The van der Waals surface area contributed by atoms with Crippen molar-refractivity contribution < 1.29 is 14.3 Å². The number of hydrogen-bond acceptors (Lipinski definition) is 5. The molecule has 2 saturated carbocycles. The van der Waals surface area contributed by atoms with E-state index in [2.05, 4.69) is 32.8 Å². The first-order valence-electron chi connectivity index (χ1n) is 11.2. The molecule has 1 aromatic heterocycles. The summed E-state index contributed by atoms with van der Waals surface area (Å²) < 4.78 is 5.74. The summed E-state index contributed by atoms with van der Waals surface area (Å²) in [5.41, 5.74) is 1.05. The van der Waals surface area contributed by atoms with Crippen molar-refractivity contribution in [1.29, 1.82) is 0 Å². The zero-order valence-corrected chi connectivity index (χ0v) is 20.5. The maximum atomic E-state index is 12.8. The smallest absolute Gasteiger partial charge is 0.233 e. The first-order valence-corrected chi connectivity index (χ1v) is 11.2. The van der Waals surface area contributed by atoms with Crippen LogP contribution in [0.1, 0.15) is 24.8 Å². The third-order valence-corrected chi connectivity index (χ3v) is 6.84. The number of amides is 2. The topological polar surface area (TPSA) is 95.9 Å². The van der Waals surface area contributed by atoms with E-state index in [0.29, 0.717) is 37.4 Å². The van der Waals surface area contributed by atoms with Crippen molar-refractivity contribution in [1.82, 2.24) is 20.5 Å². The van der Waals surface area contributed by atoms with Crippen LogP contribution in [0.2, 0.25) is 0 Å². The van der Waals surface area contributed by atoms with Gasteiger partial charge in [-0.05, 0) is 48.6 Å². The molecule has 3 fully saturated rings. The maximum absolute atomic E-state index is 12.8. The fraction of sp³-hybridized carbons (Fsp3) is 0.565. The van der Waals surface area contributed by atoms with Gasteiger partial charge in [-0.25, -0.2) is 4.98 Å². The quantitative estimate of drug-likeness (QED) is 0.169. The van der Waals surface area contributed by atoms with E-state index in [9.17, 15) is 9.59 Å². The Balaban J connectivity index is 0.00000245. The van der Waals surface area contributed by atoms with Crippen LogP contribution < -0.4 is 15.4 Å². The molecule has 9 heteroatoms. The molecule has 2 N–H and O–H groups in total. The van der Waals surface area contributed by atoms with E-state index in [-0.39, 0.29) is 59.5 Å². The molecule has 172 valence electrons.